The highest BCUT2D eigenvalue weighted by Gasteiger charge is 2.20. The lowest BCUT2D eigenvalue weighted by Gasteiger charge is -2.04. The average molecular weight is 230 g/mol. The average Bonchev–Trinajstić information content (AvgIpc) is 2.76. The van der Waals surface area contributed by atoms with E-state index in [1.807, 2.05) is 0 Å². The third-order valence-corrected chi connectivity index (χ3v) is 3.98. The molecule has 0 amide bonds. The van der Waals surface area contributed by atoms with E-state index in [0.29, 0.717) is 0 Å². The Bertz CT molecular complexity index is 761. The number of hydrogen-bond acceptors (Lipinski definition) is 0. The molecule has 0 saturated heterocycles. The van der Waals surface area contributed by atoms with E-state index < -0.39 is 0 Å². The van der Waals surface area contributed by atoms with Gasteiger partial charge >= 0.3 is 0 Å². The van der Waals surface area contributed by atoms with Crippen molar-refractivity contribution in [2.75, 3.05) is 0 Å². The van der Waals surface area contributed by atoms with Crippen LogP contribution in [-0.4, -0.2) is 0 Å². The molecule has 0 unspecified atom stereocenters. The van der Waals surface area contributed by atoms with Crippen molar-refractivity contribution in [3.05, 3.63) is 60.2 Å². The minimum atomic E-state index is 1.10. The summed E-state index contributed by atoms with van der Waals surface area (Å²) in [7, 11) is 0. The van der Waals surface area contributed by atoms with Crippen molar-refractivity contribution < 1.29 is 0 Å². The van der Waals surface area contributed by atoms with Crippen molar-refractivity contribution in [2.45, 2.75) is 13.3 Å². The Hall–Kier alpha value is -2.08. The van der Waals surface area contributed by atoms with Gasteiger partial charge in [0, 0.05) is 0 Å². The molecular weight excluding hydrogens is 216 g/mol. The van der Waals surface area contributed by atoms with Crippen molar-refractivity contribution in [2.24, 2.45) is 0 Å². The van der Waals surface area contributed by atoms with E-state index in [1.165, 1.54) is 38.6 Å². The van der Waals surface area contributed by atoms with Crippen LogP contribution in [0.1, 0.15) is 12.5 Å². The summed E-state index contributed by atoms with van der Waals surface area (Å²) in [5.41, 5.74) is 6.99. The van der Waals surface area contributed by atoms with Crippen molar-refractivity contribution in [3.8, 4) is 22.3 Å². The standard InChI is InChI=1S/C18H14/c1-2-12-9-10-14-15-7-3-5-13-6-4-8-16(18(13)15)17(14)11-12/h3-11H,2H2,1H3. The van der Waals surface area contributed by atoms with Gasteiger partial charge in [0.1, 0.15) is 0 Å². The van der Waals surface area contributed by atoms with Crippen molar-refractivity contribution >= 4 is 10.8 Å². The van der Waals surface area contributed by atoms with Crippen molar-refractivity contribution in [1.82, 2.24) is 0 Å². The van der Waals surface area contributed by atoms with Gasteiger partial charge in [-0.05, 0) is 45.0 Å². The fourth-order valence-corrected chi connectivity index (χ4v) is 3.06. The summed E-state index contributed by atoms with van der Waals surface area (Å²) in [6.07, 6.45) is 1.10. The van der Waals surface area contributed by atoms with Gasteiger partial charge in [-0.15, -0.1) is 0 Å². The van der Waals surface area contributed by atoms with E-state index in [9.17, 15) is 0 Å². The lowest BCUT2D eigenvalue weighted by atomic mass is 10.0. The normalized spacial score (nSPS) is 11.8. The molecule has 0 N–H and O–H groups in total. The summed E-state index contributed by atoms with van der Waals surface area (Å²) in [6, 6.07) is 20.1. The second-order valence-corrected chi connectivity index (χ2v) is 4.94. The maximum absolute atomic E-state index is 2.35. The van der Waals surface area contributed by atoms with E-state index in [2.05, 4.69) is 61.5 Å². The number of hydrogen-bond donors (Lipinski definition) is 0. The minimum Gasteiger partial charge on any atom is -0.0613 e. The molecule has 0 spiro atoms. The van der Waals surface area contributed by atoms with Gasteiger partial charge < -0.3 is 0 Å². The van der Waals surface area contributed by atoms with Crippen molar-refractivity contribution in [1.29, 1.82) is 0 Å². The zero-order chi connectivity index (χ0) is 12.1. The first-order valence-corrected chi connectivity index (χ1v) is 6.54. The molecule has 0 heteroatoms. The maximum Gasteiger partial charge on any atom is -0.00264 e. The van der Waals surface area contributed by atoms with Crippen LogP contribution in [0.3, 0.4) is 0 Å². The van der Waals surface area contributed by atoms with Gasteiger partial charge in [-0.3, -0.25) is 0 Å². The Morgan fingerprint density at radius 2 is 1.44 bits per heavy atom. The Morgan fingerprint density at radius 3 is 2.17 bits per heavy atom. The lowest BCUT2D eigenvalue weighted by molar-refractivity contribution is 1.14. The maximum atomic E-state index is 2.35. The van der Waals surface area contributed by atoms with Gasteiger partial charge in [0.2, 0.25) is 0 Å². The summed E-state index contributed by atoms with van der Waals surface area (Å²) in [5.74, 6) is 0. The number of rotatable bonds is 1. The smallest absolute Gasteiger partial charge is 0.00264 e. The second-order valence-electron chi connectivity index (χ2n) is 4.94. The van der Waals surface area contributed by atoms with Crippen LogP contribution < -0.4 is 0 Å². The molecule has 86 valence electrons. The summed E-state index contributed by atoms with van der Waals surface area (Å²) in [4.78, 5) is 0. The monoisotopic (exact) mass is 230 g/mol. The molecule has 18 heavy (non-hydrogen) atoms. The van der Waals surface area contributed by atoms with Gasteiger partial charge in [-0.25, -0.2) is 0 Å². The molecule has 0 aliphatic heterocycles. The van der Waals surface area contributed by atoms with E-state index >= 15 is 0 Å². The van der Waals surface area contributed by atoms with Crippen LogP contribution in [0.2, 0.25) is 0 Å². The molecule has 0 aromatic heterocycles. The van der Waals surface area contributed by atoms with Crippen LogP contribution in [-0.2, 0) is 6.42 Å². The number of aryl methyl sites for hydroxylation is 1. The highest BCUT2D eigenvalue weighted by atomic mass is 14.2. The number of fused-ring (bicyclic) bond motifs is 3. The van der Waals surface area contributed by atoms with Crippen LogP contribution in [0.5, 0.6) is 0 Å². The SMILES string of the molecule is CCc1ccc2c(c1)-c1cccc3cccc-2c13. The molecule has 0 fully saturated rings. The number of benzene rings is 3. The van der Waals surface area contributed by atoms with Gasteiger partial charge in [-0.2, -0.15) is 0 Å². The lowest BCUT2D eigenvalue weighted by Crippen LogP contribution is -1.82. The third-order valence-electron chi connectivity index (χ3n) is 3.98. The Kier molecular flexibility index (Phi) is 1.90. The predicted molar refractivity (Wildman–Crippen MR) is 77.8 cm³/mol. The Morgan fingerprint density at radius 1 is 0.722 bits per heavy atom. The molecule has 3 aromatic carbocycles. The molecule has 4 rings (SSSR count). The molecule has 0 heterocycles. The molecule has 0 saturated carbocycles. The Labute approximate surface area is 107 Å². The molecule has 0 nitrogen and oxygen atoms in total. The third kappa shape index (κ3) is 1.15. The highest BCUT2D eigenvalue weighted by molar-refractivity contribution is 6.15. The molecule has 0 bridgehead atoms. The zero-order valence-electron chi connectivity index (χ0n) is 10.4. The largest absolute Gasteiger partial charge is 0.0613 e. The van der Waals surface area contributed by atoms with E-state index in [1.54, 1.807) is 0 Å². The fourth-order valence-electron chi connectivity index (χ4n) is 3.06. The van der Waals surface area contributed by atoms with E-state index in [-0.39, 0.29) is 0 Å². The molecule has 3 aromatic rings. The first-order chi connectivity index (χ1) is 8.88. The highest BCUT2D eigenvalue weighted by Crippen LogP contribution is 2.47. The van der Waals surface area contributed by atoms with Crippen LogP contribution in [0, 0.1) is 0 Å². The first-order valence-electron chi connectivity index (χ1n) is 6.54. The zero-order valence-corrected chi connectivity index (χ0v) is 10.4. The minimum absolute atomic E-state index is 1.10. The predicted octanol–water partition coefficient (Wildman–Crippen LogP) is 5.05. The quantitative estimate of drug-likeness (QED) is 0.429. The second kappa shape index (κ2) is 3.46. The molecular formula is C18H14. The summed E-state index contributed by atoms with van der Waals surface area (Å²) < 4.78 is 0. The molecule has 0 radical (unpaired) electrons. The summed E-state index contributed by atoms with van der Waals surface area (Å²) >= 11 is 0. The fraction of sp³-hybridized carbons (Fsp3) is 0.111. The topological polar surface area (TPSA) is 0 Å². The van der Waals surface area contributed by atoms with E-state index in [0.717, 1.165) is 6.42 Å². The van der Waals surface area contributed by atoms with Gasteiger partial charge in [0.25, 0.3) is 0 Å². The van der Waals surface area contributed by atoms with Crippen LogP contribution in [0.25, 0.3) is 33.0 Å². The van der Waals surface area contributed by atoms with Crippen LogP contribution in [0.15, 0.2) is 54.6 Å². The van der Waals surface area contributed by atoms with Crippen molar-refractivity contribution in [3.63, 3.8) is 0 Å². The van der Waals surface area contributed by atoms with Gasteiger partial charge in [-0.1, -0.05) is 61.5 Å². The first kappa shape index (κ1) is 9.90. The summed E-state index contributed by atoms with van der Waals surface area (Å²) in [6.45, 7) is 2.21. The molecule has 1 aliphatic carbocycles. The van der Waals surface area contributed by atoms with Gasteiger partial charge in [0.05, 0.1) is 0 Å². The van der Waals surface area contributed by atoms with E-state index in [4.69, 9.17) is 0 Å². The molecule has 0 atom stereocenters. The summed E-state index contributed by atoms with van der Waals surface area (Å²) in [5, 5.41) is 2.77. The van der Waals surface area contributed by atoms with Gasteiger partial charge in [0.15, 0.2) is 0 Å². The van der Waals surface area contributed by atoms with Crippen LogP contribution in [0.4, 0.5) is 0 Å². The Balaban J connectivity index is 2.17. The molecule has 1 aliphatic rings. The van der Waals surface area contributed by atoms with Crippen LogP contribution >= 0.6 is 0 Å².